The smallest absolute Gasteiger partial charge is 0.409 e. The zero-order valence-corrected chi connectivity index (χ0v) is 32.9. The predicted octanol–water partition coefficient (Wildman–Crippen LogP) is 6.63. The second-order valence-corrected chi connectivity index (χ2v) is 17.7. The fourth-order valence-corrected chi connectivity index (χ4v) is 9.82. The number of allylic oxidation sites excluding steroid dienone is 3. The minimum absolute atomic E-state index is 0.0365. The molecule has 51 heavy (non-hydrogen) atoms. The van der Waals surface area contributed by atoms with Gasteiger partial charge in [0.25, 0.3) is 0 Å². The van der Waals surface area contributed by atoms with Crippen LogP contribution >= 0.6 is 33.2 Å². The van der Waals surface area contributed by atoms with Crippen molar-refractivity contribution in [3.8, 4) is 5.75 Å². The van der Waals surface area contributed by atoms with E-state index in [1.54, 1.807) is 43.8 Å². The monoisotopic (exact) mass is 766 g/mol. The topological polar surface area (TPSA) is 133 Å². The quantitative estimate of drug-likeness (QED) is 0.229. The molecule has 11 nitrogen and oxygen atoms in total. The van der Waals surface area contributed by atoms with E-state index >= 15 is 0 Å². The van der Waals surface area contributed by atoms with E-state index in [9.17, 15) is 19.5 Å². The number of carbonyl (C=O) groups excluding carboxylic acids is 3. The molecule has 2 N–H and O–H groups in total. The normalized spacial score (nSPS) is 36.1. The molecule has 1 saturated carbocycles. The average molecular weight is 767 g/mol. The number of benzene rings is 1. The highest BCUT2D eigenvalue weighted by Crippen LogP contribution is 2.51. The van der Waals surface area contributed by atoms with Crippen LogP contribution in [0.3, 0.4) is 0 Å². The van der Waals surface area contributed by atoms with Crippen LogP contribution in [0.25, 0.3) is 0 Å². The molecule has 4 heterocycles. The van der Waals surface area contributed by atoms with E-state index in [4.69, 9.17) is 35.3 Å². The lowest BCUT2D eigenvalue weighted by Gasteiger charge is -2.59. The molecular formula is C37H51ClN2O9S2. The number of hydrogen-bond donors (Lipinski definition) is 2. The molecule has 0 aromatic heterocycles. The lowest BCUT2D eigenvalue weighted by Crippen LogP contribution is -2.72. The highest BCUT2D eigenvalue weighted by atomic mass is 35.5. The number of anilines is 1. The van der Waals surface area contributed by atoms with E-state index in [0.717, 1.165) is 42.6 Å². The molecule has 1 aromatic rings. The van der Waals surface area contributed by atoms with Gasteiger partial charge in [0.1, 0.15) is 40.3 Å². The summed E-state index contributed by atoms with van der Waals surface area (Å²) in [7, 11) is 8.22. The summed E-state index contributed by atoms with van der Waals surface area (Å²) in [5, 5.41) is 14.6. The van der Waals surface area contributed by atoms with Crippen LogP contribution in [0.15, 0.2) is 35.9 Å². The first kappa shape index (κ1) is 39.8. The van der Waals surface area contributed by atoms with Gasteiger partial charge < -0.3 is 33.7 Å². The molecule has 0 radical (unpaired) electrons. The fraction of sp³-hybridized carbons (Fsp3) is 0.649. The lowest BCUT2D eigenvalue weighted by molar-refractivity contribution is -0.328. The molecule has 0 unspecified atom stereocenters. The number of ether oxygens (including phenoxy) is 5. The van der Waals surface area contributed by atoms with E-state index < -0.39 is 41.3 Å². The van der Waals surface area contributed by atoms with E-state index in [-0.39, 0.29) is 42.1 Å². The Morgan fingerprint density at radius 1 is 1.16 bits per heavy atom. The average Bonchev–Trinajstić information content (AvgIpc) is 3.07. The minimum atomic E-state index is -1.80. The number of carbonyl (C=O) groups is 3. The molecule has 0 spiro atoms. The van der Waals surface area contributed by atoms with Crippen molar-refractivity contribution in [3.05, 3.63) is 46.5 Å². The van der Waals surface area contributed by atoms with Crippen LogP contribution in [0.2, 0.25) is 5.02 Å². The second kappa shape index (κ2) is 16.3. The molecule has 3 fully saturated rings. The summed E-state index contributed by atoms with van der Waals surface area (Å²) in [5.41, 5.74) is -1.68. The highest BCUT2D eigenvalue weighted by molar-refractivity contribution is 8.76. The van der Waals surface area contributed by atoms with Crippen LogP contribution in [0, 0.1) is 11.8 Å². The number of nitrogens with one attached hydrogen (secondary N) is 1. The van der Waals surface area contributed by atoms with Crippen molar-refractivity contribution < 1.29 is 43.2 Å². The highest BCUT2D eigenvalue weighted by Gasteiger charge is 2.63. The summed E-state index contributed by atoms with van der Waals surface area (Å²) >= 11 is 6.78. The molecule has 6 rings (SSSR count). The zero-order chi connectivity index (χ0) is 37.1. The summed E-state index contributed by atoms with van der Waals surface area (Å²) in [6, 6.07) is 3.68. The van der Waals surface area contributed by atoms with Crippen LogP contribution in [0.4, 0.5) is 10.5 Å². The van der Waals surface area contributed by atoms with Crippen molar-refractivity contribution in [1.82, 2.24) is 5.32 Å². The third kappa shape index (κ3) is 8.87. The van der Waals surface area contributed by atoms with Crippen LogP contribution < -0.4 is 15.0 Å². The van der Waals surface area contributed by atoms with Gasteiger partial charge in [0, 0.05) is 32.8 Å². The van der Waals surface area contributed by atoms with E-state index in [1.807, 2.05) is 35.9 Å². The van der Waals surface area contributed by atoms with Gasteiger partial charge in [0.05, 0.1) is 25.1 Å². The standard InChI is InChI=1S/C37H51ClN2O9S2/c1-22-9-8-10-28(46-6)37(44)19-30(48-34(43)39-37)36(3)21-35(2,49-36)29(47-33(42)25-13-11-23(12-14-25)20-51-50-7)18-31(41)40(4)26-16-24(15-22)17-27(45-5)32(26)38/h8-10,16-17,23,25,28-30,44H,11-15,18-21H2,1-7H3,(H,39,43)/b10-8+,22-9+/t23?,25?,28-,29+,30+,35-,36+,37+/m1/s1. The Balaban J connectivity index is 1.49. The van der Waals surface area contributed by atoms with Gasteiger partial charge in [0.2, 0.25) is 5.91 Å². The summed E-state index contributed by atoms with van der Waals surface area (Å²) in [6.45, 7) is 5.55. The predicted molar refractivity (Wildman–Crippen MR) is 200 cm³/mol. The number of nitrogens with zero attached hydrogens (tertiary/aromatic N) is 1. The van der Waals surface area contributed by atoms with Gasteiger partial charge in [-0.2, -0.15) is 0 Å². The van der Waals surface area contributed by atoms with Gasteiger partial charge in [-0.1, -0.05) is 57.0 Å². The first-order valence-electron chi connectivity index (χ1n) is 17.4. The first-order valence-corrected chi connectivity index (χ1v) is 20.5. The lowest BCUT2D eigenvalue weighted by atomic mass is 9.72. The van der Waals surface area contributed by atoms with Gasteiger partial charge in [0.15, 0.2) is 5.72 Å². The van der Waals surface area contributed by atoms with E-state index in [2.05, 4.69) is 11.6 Å². The van der Waals surface area contributed by atoms with Crippen molar-refractivity contribution >= 4 is 56.8 Å². The molecule has 14 heteroatoms. The maximum absolute atomic E-state index is 14.1. The van der Waals surface area contributed by atoms with Gasteiger partial charge in [-0.25, -0.2) is 4.79 Å². The summed E-state index contributed by atoms with van der Waals surface area (Å²) in [6.07, 6.45) is 7.76. The number of alkyl carbamates (subject to hydrolysis) is 1. The van der Waals surface area contributed by atoms with Gasteiger partial charge in [-0.05, 0) is 82.7 Å². The number of hydrogen-bond acceptors (Lipinski definition) is 11. The molecular weight excluding hydrogens is 716 g/mol. The summed E-state index contributed by atoms with van der Waals surface area (Å²) < 4.78 is 29.8. The van der Waals surface area contributed by atoms with E-state index in [1.165, 1.54) is 19.1 Å². The maximum atomic E-state index is 14.1. The van der Waals surface area contributed by atoms with Crippen molar-refractivity contribution in [2.24, 2.45) is 11.8 Å². The fourth-order valence-electron chi connectivity index (χ4n) is 7.86. The SMILES string of the molecule is COc1cc2cc(c1Cl)N(C)C(=O)C[C@H](OC(=O)C1CCC(CSSC)CC1)[C@@]1(C)C[C@](C)(O1)[C@@H]1C[C@@](O)(NC(=O)O1)[C@H](OC)/C=C/C=C(\C)C2. The molecule has 4 aliphatic heterocycles. The Labute approximate surface area is 313 Å². The number of esters is 1. The van der Waals surface area contributed by atoms with Crippen molar-refractivity contribution in [2.75, 3.05) is 38.2 Å². The number of amides is 2. The Kier molecular flexibility index (Phi) is 12.7. The number of aliphatic hydroxyl groups is 1. The van der Waals surface area contributed by atoms with Crippen LogP contribution in [0.5, 0.6) is 5.75 Å². The minimum Gasteiger partial charge on any atom is -0.495 e. The van der Waals surface area contributed by atoms with Crippen LogP contribution in [0.1, 0.15) is 71.3 Å². The maximum Gasteiger partial charge on any atom is 0.409 e. The Hall–Kier alpha value is -2.42. The molecule has 1 aliphatic carbocycles. The summed E-state index contributed by atoms with van der Waals surface area (Å²) in [5.74, 6) is 1.09. The molecule has 6 atom stereocenters. The number of methoxy groups -OCH3 is 2. The van der Waals surface area contributed by atoms with Gasteiger partial charge >= 0.3 is 12.1 Å². The Bertz CT molecular complexity index is 1530. The van der Waals surface area contributed by atoms with Gasteiger partial charge in [-0.15, -0.1) is 0 Å². The molecule has 6 bridgehead atoms. The second-order valence-electron chi connectivity index (χ2n) is 14.7. The summed E-state index contributed by atoms with van der Waals surface area (Å²) in [4.78, 5) is 42.2. The third-order valence-electron chi connectivity index (χ3n) is 10.7. The van der Waals surface area contributed by atoms with Gasteiger partial charge in [-0.3, -0.25) is 14.9 Å². The number of halogens is 1. The molecule has 2 amide bonds. The molecule has 282 valence electrons. The largest absolute Gasteiger partial charge is 0.495 e. The molecule has 5 aliphatic rings. The Morgan fingerprint density at radius 2 is 1.86 bits per heavy atom. The van der Waals surface area contributed by atoms with Crippen molar-refractivity contribution in [3.63, 3.8) is 0 Å². The third-order valence-corrected chi connectivity index (χ3v) is 13.1. The zero-order valence-electron chi connectivity index (χ0n) is 30.5. The van der Waals surface area contributed by atoms with E-state index in [0.29, 0.717) is 23.8 Å². The van der Waals surface area contributed by atoms with Crippen LogP contribution in [-0.4, -0.2) is 91.6 Å². The first-order chi connectivity index (χ1) is 24.1. The number of rotatable bonds is 7. The van der Waals surface area contributed by atoms with Crippen LogP contribution in [-0.2, 0) is 35.0 Å². The van der Waals surface area contributed by atoms with Crippen molar-refractivity contribution in [2.45, 2.75) is 107 Å². The molecule has 2 saturated heterocycles. The van der Waals surface area contributed by atoms with Crippen molar-refractivity contribution in [1.29, 1.82) is 0 Å². The number of fused-ring (bicyclic) bond motifs is 6. The molecule has 1 aromatic carbocycles. The Morgan fingerprint density at radius 3 is 2.51 bits per heavy atom.